The molecular weight excluding hydrogens is 402 g/mol. The Morgan fingerprint density at radius 3 is 2.64 bits per heavy atom. The third-order valence-electron chi connectivity index (χ3n) is 4.39. The van der Waals surface area contributed by atoms with E-state index in [0.717, 1.165) is 29.8 Å². The van der Waals surface area contributed by atoms with Gasteiger partial charge in [-0.1, -0.05) is 26.0 Å². The summed E-state index contributed by atoms with van der Waals surface area (Å²) in [6.07, 6.45) is 0.830. The summed E-state index contributed by atoms with van der Waals surface area (Å²) >= 11 is 0. The molecule has 0 bridgehead atoms. The number of rotatable bonds is 7. The van der Waals surface area contributed by atoms with Crippen LogP contribution in [0.15, 0.2) is 29.2 Å². The Kier molecular flexibility index (Phi) is 7.59. The Morgan fingerprint density at radius 1 is 1.25 bits per heavy atom. The molecule has 0 saturated carbocycles. The Bertz CT molecular complexity index is 910. The molecule has 1 aromatic heterocycles. The SMILES string of the molecule is CC(C)CNS(=O)(=O)c1ccc(CNC(=O)c2n[nH]c3c2CNCC3)cc1.Cl. The lowest BCUT2D eigenvalue weighted by atomic mass is 10.1. The van der Waals surface area contributed by atoms with Gasteiger partial charge in [0.1, 0.15) is 0 Å². The van der Waals surface area contributed by atoms with Crippen molar-refractivity contribution in [2.45, 2.75) is 38.3 Å². The molecule has 0 radical (unpaired) electrons. The number of carbonyl (C=O) groups excluding carboxylic acids is 1. The molecule has 1 aliphatic rings. The van der Waals surface area contributed by atoms with E-state index in [1.807, 2.05) is 13.8 Å². The summed E-state index contributed by atoms with van der Waals surface area (Å²) in [7, 11) is -3.51. The molecule has 0 atom stereocenters. The number of nitrogens with one attached hydrogen (secondary N) is 4. The van der Waals surface area contributed by atoms with Crippen LogP contribution in [0.4, 0.5) is 0 Å². The fourth-order valence-corrected chi connectivity index (χ4v) is 4.04. The normalized spacial score (nSPS) is 13.7. The molecule has 10 heteroatoms. The van der Waals surface area contributed by atoms with Gasteiger partial charge in [0.05, 0.1) is 4.90 Å². The number of aromatic amines is 1. The predicted molar refractivity (Wildman–Crippen MR) is 109 cm³/mol. The van der Waals surface area contributed by atoms with Gasteiger partial charge in [0.2, 0.25) is 10.0 Å². The number of H-pyrrole nitrogens is 1. The largest absolute Gasteiger partial charge is 0.347 e. The van der Waals surface area contributed by atoms with Gasteiger partial charge in [-0.25, -0.2) is 13.1 Å². The van der Waals surface area contributed by atoms with E-state index in [-0.39, 0.29) is 29.1 Å². The van der Waals surface area contributed by atoms with Crippen molar-refractivity contribution in [1.29, 1.82) is 0 Å². The van der Waals surface area contributed by atoms with Crippen molar-refractivity contribution in [3.05, 3.63) is 46.8 Å². The van der Waals surface area contributed by atoms with E-state index in [0.29, 0.717) is 25.3 Å². The summed E-state index contributed by atoms with van der Waals surface area (Å²) in [4.78, 5) is 12.6. The average Bonchev–Trinajstić information content (AvgIpc) is 3.09. The molecular formula is C18H26ClN5O3S. The van der Waals surface area contributed by atoms with Crippen LogP contribution < -0.4 is 15.4 Å². The number of halogens is 1. The number of benzene rings is 1. The number of nitrogens with zero attached hydrogens (tertiary/aromatic N) is 1. The quantitative estimate of drug-likeness (QED) is 0.532. The van der Waals surface area contributed by atoms with E-state index in [9.17, 15) is 13.2 Å². The van der Waals surface area contributed by atoms with Gasteiger partial charge in [-0.15, -0.1) is 12.4 Å². The fraction of sp³-hybridized carbons (Fsp3) is 0.444. The molecule has 0 fully saturated rings. The van der Waals surface area contributed by atoms with E-state index in [4.69, 9.17) is 0 Å². The van der Waals surface area contributed by atoms with Crippen molar-refractivity contribution in [2.75, 3.05) is 13.1 Å². The maximum Gasteiger partial charge on any atom is 0.272 e. The lowest BCUT2D eigenvalue weighted by molar-refractivity contribution is 0.0944. The first-order valence-corrected chi connectivity index (χ1v) is 10.5. The Morgan fingerprint density at radius 2 is 1.96 bits per heavy atom. The van der Waals surface area contributed by atoms with Gasteiger partial charge in [-0.3, -0.25) is 9.89 Å². The minimum Gasteiger partial charge on any atom is -0.347 e. The Balaban J connectivity index is 0.00000280. The summed E-state index contributed by atoms with van der Waals surface area (Å²) < 4.78 is 27.0. The highest BCUT2D eigenvalue weighted by Crippen LogP contribution is 2.15. The topological polar surface area (TPSA) is 116 Å². The van der Waals surface area contributed by atoms with Crippen LogP contribution in [0.5, 0.6) is 0 Å². The van der Waals surface area contributed by atoms with Crippen LogP contribution in [-0.4, -0.2) is 37.6 Å². The van der Waals surface area contributed by atoms with Crippen LogP contribution in [0.25, 0.3) is 0 Å². The third kappa shape index (κ3) is 5.32. The van der Waals surface area contributed by atoms with Crippen LogP contribution in [0.1, 0.15) is 41.2 Å². The molecule has 154 valence electrons. The van der Waals surface area contributed by atoms with Crippen molar-refractivity contribution < 1.29 is 13.2 Å². The lowest BCUT2D eigenvalue weighted by Gasteiger charge is -2.13. The first-order chi connectivity index (χ1) is 12.9. The number of aromatic nitrogens is 2. The maximum absolute atomic E-state index is 12.4. The third-order valence-corrected chi connectivity index (χ3v) is 5.83. The van der Waals surface area contributed by atoms with Crippen LogP contribution in [0.2, 0.25) is 0 Å². The molecule has 0 unspecified atom stereocenters. The minimum atomic E-state index is -3.51. The molecule has 4 N–H and O–H groups in total. The van der Waals surface area contributed by atoms with Gasteiger partial charge in [0.15, 0.2) is 5.69 Å². The molecule has 8 nitrogen and oxygen atoms in total. The minimum absolute atomic E-state index is 0. The van der Waals surface area contributed by atoms with Gasteiger partial charge in [0, 0.05) is 43.9 Å². The van der Waals surface area contributed by atoms with Crippen molar-refractivity contribution in [3.8, 4) is 0 Å². The van der Waals surface area contributed by atoms with Crippen LogP contribution in [-0.2, 0) is 29.5 Å². The number of hydrogen-bond donors (Lipinski definition) is 4. The van der Waals surface area contributed by atoms with Crippen molar-refractivity contribution >= 4 is 28.3 Å². The number of hydrogen-bond acceptors (Lipinski definition) is 5. The second-order valence-corrected chi connectivity index (χ2v) is 8.80. The summed E-state index contributed by atoms with van der Waals surface area (Å²) in [5.41, 5.74) is 3.14. The van der Waals surface area contributed by atoms with Crippen LogP contribution in [0.3, 0.4) is 0 Å². The molecule has 2 heterocycles. The molecule has 2 aromatic rings. The van der Waals surface area contributed by atoms with E-state index in [2.05, 4.69) is 25.6 Å². The fourth-order valence-electron chi connectivity index (χ4n) is 2.83. The van der Waals surface area contributed by atoms with Crippen LogP contribution in [0, 0.1) is 5.92 Å². The van der Waals surface area contributed by atoms with Gasteiger partial charge in [-0.05, 0) is 23.6 Å². The van der Waals surface area contributed by atoms with E-state index in [1.54, 1.807) is 24.3 Å². The molecule has 1 amide bonds. The van der Waals surface area contributed by atoms with E-state index in [1.165, 1.54) is 0 Å². The van der Waals surface area contributed by atoms with Crippen molar-refractivity contribution in [3.63, 3.8) is 0 Å². The predicted octanol–water partition coefficient (Wildman–Crippen LogP) is 1.34. The van der Waals surface area contributed by atoms with Gasteiger partial charge in [0.25, 0.3) is 5.91 Å². The Labute approximate surface area is 171 Å². The molecule has 1 aliphatic heterocycles. The highest BCUT2D eigenvalue weighted by atomic mass is 35.5. The zero-order valence-electron chi connectivity index (χ0n) is 15.9. The van der Waals surface area contributed by atoms with Gasteiger partial charge in [-0.2, -0.15) is 5.10 Å². The smallest absolute Gasteiger partial charge is 0.272 e. The zero-order chi connectivity index (χ0) is 19.4. The molecule has 1 aromatic carbocycles. The second-order valence-electron chi connectivity index (χ2n) is 7.03. The average molecular weight is 428 g/mol. The maximum atomic E-state index is 12.4. The van der Waals surface area contributed by atoms with Crippen molar-refractivity contribution in [2.24, 2.45) is 5.92 Å². The standard InChI is InChI=1S/C18H25N5O3S.ClH/c1-12(2)9-21-27(25,26)14-5-3-13(4-6-14)10-20-18(24)17-15-11-19-8-7-16(15)22-23-17;/h3-6,12,19,21H,7-11H2,1-2H3,(H,20,24)(H,22,23);1H. The molecule has 28 heavy (non-hydrogen) atoms. The molecule has 0 spiro atoms. The highest BCUT2D eigenvalue weighted by Gasteiger charge is 2.21. The first kappa shape index (κ1) is 22.4. The number of carbonyl (C=O) groups is 1. The summed E-state index contributed by atoms with van der Waals surface area (Å²) in [5.74, 6) is -0.0104. The molecule has 0 saturated heterocycles. The van der Waals surface area contributed by atoms with Gasteiger partial charge >= 0.3 is 0 Å². The number of amides is 1. The lowest BCUT2D eigenvalue weighted by Crippen LogP contribution is -2.28. The highest BCUT2D eigenvalue weighted by molar-refractivity contribution is 7.89. The zero-order valence-corrected chi connectivity index (χ0v) is 17.5. The summed E-state index contributed by atoms with van der Waals surface area (Å²) in [5, 5.41) is 13.1. The van der Waals surface area contributed by atoms with E-state index < -0.39 is 10.0 Å². The second kappa shape index (κ2) is 9.51. The first-order valence-electron chi connectivity index (χ1n) is 9.00. The van der Waals surface area contributed by atoms with Gasteiger partial charge < -0.3 is 10.6 Å². The monoisotopic (exact) mass is 427 g/mol. The summed E-state index contributed by atoms with van der Waals surface area (Å²) in [6, 6.07) is 6.49. The summed E-state index contributed by atoms with van der Waals surface area (Å²) in [6.45, 7) is 6.08. The van der Waals surface area contributed by atoms with Crippen molar-refractivity contribution in [1.82, 2.24) is 25.6 Å². The number of sulfonamides is 1. The van der Waals surface area contributed by atoms with Crippen LogP contribution >= 0.6 is 12.4 Å². The molecule has 3 rings (SSSR count). The molecule has 0 aliphatic carbocycles. The van der Waals surface area contributed by atoms with E-state index >= 15 is 0 Å². The number of fused-ring (bicyclic) bond motifs is 1. The Hall–Kier alpha value is -1.94.